The average molecular weight is 224 g/mol. The van der Waals surface area contributed by atoms with Crippen LogP contribution in [0.3, 0.4) is 0 Å². The Labute approximate surface area is 65.4 Å². The third kappa shape index (κ3) is 3.74. The number of halogens is 1. The first-order valence-corrected chi connectivity index (χ1v) is 4.16. The molecule has 5 heteroatoms. The van der Waals surface area contributed by atoms with Crippen molar-refractivity contribution in [2.45, 2.75) is 19.3 Å². The summed E-state index contributed by atoms with van der Waals surface area (Å²) in [6.45, 7) is 4.18. The standard InChI is InChI=1S/C3H11B2IN2/c1-3(2,4-7)8-5-6/h4-5,8H,7H2,1-2H3. The first kappa shape index (κ1) is 8.78. The van der Waals surface area contributed by atoms with Crippen LogP contribution in [-0.4, -0.2) is 18.1 Å². The molecule has 0 saturated carbocycles. The second-order valence-corrected chi connectivity index (χ2v) is 3.16. The summed E-state index contributed by atoms with van der Waals surface area (Å²) >= 11 is 2.27. The van der Waals surface area contributed by atoms with Gasteiger partial charge in [-0.15, -0.1) is 22.4 Å². The SMILES string of the molecule is CC(C)(BN)NBI. The molecule has 0 saturated heterocycles. The van der Waals surface area contributed by atoms with E-state index in [2.05, 4.69) is 41.4 Å². The summed E-state index contributed by atoms with van der Waals surface area (Å²) in [5, 5.41) is 4.19. The largest absolute Gasteiger partial charge is 0.371 e. The Morgan fingerprint density at radius 1 is 1.62 bits per heavy atom. The number of nitrogens with one attached hydrogen (secondary N) is 1. The van der Waals surface area contributed by atoms with Crippen molar-refractivity contribution in [2.24, 2.45) is 5.64 Å². The molecule has 2 nitrogen and oxygen atoms in total. The fourth-order valence-corrected chi connectivity index (χ4v) is 1.29. The molecule has 46 valence electrons. The highest BCUT2D eigenvalue weighted by molar-refractivity contribution is 14.1. The van der Waals surface area contributed by atoms with Crippen molar-refractivity contribution < 1.29 is 0 Å². The molecule has 0 rings (SSSR count). The minimum absolute atomic E-state index is 0.112. The molecule has 3 N–H and O–H groups in total. The number of rotatable bonds is 3. The maximum Gasteiger partial charge on any atom is 0.277 e. The van der Waals surface area contributed by atoms with Gasteiger partial charge in [-0.05, 0) is 5.44 Å². The van der Waals surface area contributed by atoms with Crippen molar-refractivity contribution in [1.29, 1.82) is 0 Å². The molecule has 0 aliphatic heterocycles. The van der Waals surface area contributed by atoms with E-state index in [0.29, 0.717) is 7.41 Å². The van der Waals surface area contributed by atoms with Crippen LogP contribution in [0.4, 0.5) is 0 Å². The highest BCUT2D eigenvalue weighted by Crippen LogP contribution is 1.94. The van der Waals surface area contributed by atoms with Gasteiger partial charge in [0.05, 0.1) is 0 Å². The van der Waals surface area contributed by atoms with Gasteiger partial charge in [0.15, 0.2) is 0 Å². The third-order valence-corrected chi connectivity index (χ3v) is 1.44. The lowest BCUT2D eigenvalue weighted by atomic mass is 9.71. The second-order valence-electron chi connectivity index (χ2n) is 2.40. The Hall–Kier alpha value is 0.780. The average Bonchev–Trinajstić information content (AvgIpc) is 1.67. The van der Waals surface area contributed by atoms with E-state index in [1.807, 2.05) is 0 Å². The highest BCUT2D eigenvalue weighted by Gasteiger charge is 2.14. The zero-order valence-corrected chi connectivity index (χ0v) is 7.53. The predicted octanol–water partition coefficient (Wildman–Crippen LogP) is -0.676. The quantitative estimate of drug-likeness (QED) is 0.492. The van der Waals surface area contributed by atoms with Gasteiger partial charge in [-0.3, -0.25) is 0 Å². The zero-order chi connectivity index (χ0) is 6.62. The summed E-state index contributed by atoms with van der Waals surface area (Å²) in [5.74, 6) is 0. The van der Waals surface area contributed by atoms with Gasteiger partial charge in [0.2, 0.25) is 7.41 Å². The Balaban J connectivity index is 3.37. The van der Waals surface area contributed by atoms with E-state index in [-0.39, 0.29) is 5.44 Å². The normalized spacial score (nSPS) is 11.0. The Bertz CT molecular complexity index is 68.3. The van der Waals surface area contributed by atoms with Crippen LogP contribution in [0.25, 0.3) is 0 Å². The molecule has 0 bridgehead atoms. The molecule has 0 fully saturated rings. The van der Waals surface area contributed by atoms with Crippen molar-refractivity contribution in [3.8, 4) is 0 Å². The summed E-state index contributed by atoms with van der Waals surface area (Å²) in [6, 6.07) is 0. The maximum absolute atomic E-state index is 5.43. The van der Waals surface area contributed by atoms with Crippen molar-refractivity contribution in [1.82, 2.24) is 5.23 Å². The molecule has 0 aliphatic carbocycles. The minimum atomic E-state index is 0.112. The van der Waals surface area contributed by atoms with E-state index >= 15 is 0 Å². The lowest BCUT2D eigenvalue weighted by Crippen LogP contribution is -2.48. The monoisotopic (exact) mass is 224 g/mol. The van der Waals surface area contributed by atoms with Crippen molar-refractivity contribution in [3.05, 3.63) is 0 Å². The highest BCUT2D eigenvalue weighted by atomic mass is 127. The molecule has 0 heterocycles. The zero-order valence-electron chi connectivity index (χ0n) is 5.37. The number of hydrogen-bond acceptors (Lipinski definition) is 2. The topological polar surface area (TPSA) is 38.0 Å². The predicted molar refractivity (Wildman–Crippen MR) is 49.7 cm³/mol. The van der Waals surface area contributed by atoms with Gasteiger partial charge < -0.3 is 10.9 Å². The lowest BCUT2D eigenvalue weighted by molar-refractivity contribution is 0.662. The van der Waals surface area contributed by atoms with E-state index in [1.54, 1.807) is 0 Å². The van der Waals surface area contributed by atoms with Gasteiger partial charge in [0, 0.05) is 0 Å². The van der Waals surface area contributed by atoms with Crippen molar-refractivity contribution in [2.75, 3.05) is 0 Å². The molecule has 0 unspecified atom stereocenters. The molecule has 0 aromatic carbocycles. The van der Waals surface area contributed by atoms with Crippen LogP contribution in [0.1, 0.15) is 13.8 Å². The van der Waals surface area contributed by atoms with Gasteiger partial charge in [-0.1, -0.05) is 13.8 Å². The Morgan fingerprint density at radius 3 is 2.25 bits per heavy atom. The van der Waals surface area contributed by atoms with E-state index in [0.717, 1.165) is 5.27 Å². The van der Waals surface area contributed by atoms with Crippen LogP contribution in [-0.2, 0) is 0 Å². The first-order chi connectivity index (χ1) is 3.62. The summed E-state index contributed by atoms with van der Waals surface area (Å²) in [5.41, 5.74) is 5.54. The molecular formula is C3H11B2IN2. The number of nitrogens with two attached hydrogens (primary N) is 1. The van der Waals surface area contributed by atoms with Crippen LogP contribution >= 0.6 is 22.4 Å². The molecule has 0 aromatic rings. The summed E-state index contributed by atoms with van der Waals surface area (Å²) in [6.07, 6.45) is 0. The number of hydrogen-bond donors (Lipinski definition) is 2. The van der Waals surface area contributed by atoms with Crippen LogP contribution in [0.15, 0.2) is 0 Å². The van der Waals surface area contributed by atoms with E-state index in [9.17, 15) is 0 Å². The van der Waals surface area contributed by atoms with Crippen LogP contribution in [0.5, 0.6) is 0 Å². The summed E-state index contributed by atoms with van der Waals surface area (Å²) in [4.78, 5) is 0. The summed E-state index contributed by atoms with van der Waals surface area (Å²) < 4.78 is 0. The first-order valence-electron chi connectivity index (χ1n) is 2.63. The maximum atomic E-state index is 5.43. The molecule has 0 amide bonds. The fraction of sp³-hybridized carbons (Fsp3) is 1.00. The molecule has 0 aromatic heterocycles. The second kappa shape index (κ2) is 3.74. The molecule has 0 aliphatic rings. The van der Waals surface area contributed by atoms with Crippen LogP contribution < -0.4 is 10.9 Å². The van der Waals surface area contributed by atoms with Gasteiger partial charge in [0.1, 0.15) is 0 Å². The summed E-state index contributed by atoms with van der Waals surface area (Å²) in [7, 11) is 0.690. The minimum Gasteiger partial charge on any atom is -0.371 e. The van der Waals surface area contributed by atoms with Crippen molar-refractivity contribution >= 4 is 35.1 Å². The molecule has 8 heavy (non-hydrogen) atoms. The lowest BCUT2D eigenvalue weighted by Gasteiger charge is -2.20. The molecular weight excluding hydrogens is 213 g/mol. The Morgan fingerprint density at radius 2 is 2.12 bits per heavy atom. The van der Waals surface area contributed by atoms with Crippen LogP contribution in [0, 0.1) is 0 Å². The van der Waals surface area contributed by atoms with E-state index in [1.165, 1.54) is 0 Å². The molecule has 0 spiro atoms. The van der Waals surface area contributed by atoms with Gasteiger partial charge in [0.25, 0.3) is 5.27 Å². The van der Waals surface area contributed by atoms with Gasteiger partial charge in [-0.25, -0.2) is 0 Å². The smallest absolute Gasteiger partial charge is 0.277 e. The van der Waals surface area contributed by atoms with Crippen molar-refractivity contribution in [3.63, 3.8) is 0 Å². The molecule has 0 atom stereocenters. The van der Waals surface area contributed by atoms with E-state index in [4.69, 9.17) is 5.64 Å². The van der Waals surface area contributed by atoms with Gasteiger partial charge >= 0.3 is 0 Å². The molecule has 0 radical (unpaired) electrons. The van der Waals surface area contributed by atoms with Crippen LogP contribution in [0.2, 0.25) is 0 Å². The van der Waals surface area contributed by atoms with Gasteiger partial charge in [-0.2, -0.15) is 0 Å². The Kier molecular flexibility index (Phi) is 4.10. The van der Waals surface area contributed by atoms with E-state index < -0.39 is 0 Å². The fourth-order valence-electron chi connectivity index (χ4n) is 0.253. The third-order valence-electron chi connectivity index (χ3n) is 1.06.